The summed E-state index contributed by atoms with van der Waals surface area (Å²) in [6.07, 6.45) is -0.409. The molecule has 3 heteroatoms. The van der Waals surface area contributed by atoms with E-state index in [0.717, 1.165) is 17.0 Å². The molecule has 14 heavy (non-hydrogen) atoms. The van der Waals surface area contributed by atoms with Crippen LogP contribution in [-0.4, -0.2) is 15.3 Å². The summed E-state index contributed by atoms with van der Waals surface area (Å²) in [7, 11) is 0. The first kappa shape index (κ1) is 11.2. The lowest BCUT2D eigenvalue weighted by Gasteiger charge is -2.22. The van der Waals surface area contributed by atoms with Crippen LogP contribution in [0.4, 0.5) is 0 Å². The van der Waals surface area contributed by atoms with E-state index in [1.165, 1.54) is 0 Å². The largest absolute Gasteiger partial charge is 0.388 e. The number of nitrogens with one attached hydrogen (secondary N) is 1. The molecule has 0 saturated heterocycles. The number of aromatic nitrogens is 2. The molecule has 0 aliphatic rings. The van der Waals surface area contributed by atoms with E-state index in [0.29, 0.717) is 5.92 Å². The molecule has 0 spiro atoms. The average Bonchev–Trinajstić information content (AvgIpc) is 2.44. The van der Waals surface area contributed by atoms with Crippen LogP contribution in [0, 0.1) is 25.7 Å². The first-order valence-electron chi connectivity index (χ1n) is 5.14. The Kier molecular flexibility index (Phi) is 3.32. The van der Waals surface area contributed by atoms with Gasteiger partial charge in [-0.1, -0.05) is 20.8 Å². The molecule has 0 bridgehead atoms. The summed E-state index contributed by atoms with van der Waals surface area (Å²) in [5.41, 5.74) is 2.84. The van der Waals surface area contributed by atoms with Crippen LogP contribution in [0.5, 0.6) is 0 Å². The molecular weight excluding hydrogens is 176 g/mol. The number of aromatic amines is 1. The molecule has 0 fully saturated rings. The van der Waals surface area contributed by atoms with Crippen LogP contribution in [0.3, 0.4) is 0 Å². The fourth-order valence-corrected chi connectivity index (χ4v) is 1.62. The number of nitrogens with zero attached hydrogens (tertiary/aromatic N) is 1. The molecule has 1 heterocycles. The van der Waals surface area contributed by atoms with E-state index in [-0.39, 0.29) is 5.92 Å². The van der Waals surface area contributed by atoms with Crippen molar-refractivity contribution in [3.8, 4) is 0 Å². The lowest BCUT2D eigenvalue weighted by Crippen LogP contribution is -2.16. The third-order valence-corrected chi connectivity index (χ3v) is 3.03. The van der Waals surface area contributed by atoms with E-state index < -0.39 is 6.10 Å². The molecule has 0 radical (unpaired) electrons. The first-order valence-corrected chi connectivity index (χ1v) is 5.14. The van der Waals surface area contributed by atoms with Crippen LogP contribution in [0.2, 0.25) is 0 Å². The number of hydrogen-bond donors (Lipinski definition) is 2. The van der Waals surface area contributed by atoms with E-state index >= 15 is 0 Å². The van der Waals surface area contributed by atoms with Gasteiger partial charge in [0.05, 0.1) is 11.8 Å². The van der Waals surface area contributed by atoms with Gasteiger partial charge in [-0.25, -0.2) is 0 Å². The highest BCUT2D eigenvalue weighted by Gasteiger charge is 2.23. The van der Waals surface area contributed by atoms with E-state index in [1.54, 1.807) is 0 Å². The van der Waals surface area contributed by atoms with Gasteiger partial charge < -0.3 is 5.11 Å². The minimum absolute atomic E-state index is 0.255. The van der Waals surface area contributed by atoms with Gasteiger partial charge in [-0.15, -0.1) is 0 Å². The van der Waals surface area contributed by atoms with Crippen molar-refractivity contribution in [2.45, 2.75) is 40.7 Å². The molecule has 2 unspecified atom stereocenters. The van der Waals surface area contributed by atoms with Crippen molar-refractivity contribution in [2.75, 3.05) is 0 Å². The van der Waals surface area contributed by atoms with Crippen LogP contribution in [0.25, 0.3) is 0 Å². The van der Waals surface area contributed by atoms with Crippen LogP contribution >= 0.6 is 0 Å². The first-order chi connectivity index (χ1) is 6.45. The predicted octanol–water partition coefficient (Wildman–Crippen LogP) is 2.35. The quantitative estimate of drug-likeness (QED) is 0.779. The van der Waals surface area contributed by atoms with Gasteiger partial charge >= 0.3 is 0 Å². The topological polar surface area (TPSA) is 48.9 Å². The highest BCUT2D eigenvalue weighted by atomic mass is 16.3. The molecule has 0 aliphatic heterocycles. The molecule has 0 saturated carbocycles. The van der Waals surface area contributed by atoms with Crippen LogP contribution in [-0.2, 0) is 0 Å². The van der Waals surface area contributed by atoms with Crippen molar-refractivity contribution in [2.24, 2.45) is 11.8 Å². The Bertz CT molecular complexity index is 285. The van der Waals surface area contributed by atoms with Crippen LogP contribution in [0.1, 0.15) is 43.8 Å². The molecule has 0 aromatic carbocycles. The number of aliphatic hydroxyl groups excluding tert-OH is 1. The molecule has 1 aromatic rings. The van der Waals surface area contributed by atoms with Gasteiger partial charge in [-0.05, 0) is 25.7 Å². The Morgan fingerprint density at radius 3 is 2.14 bits per heavy atom. The number of H-pyrrole nitrogens is 1. The maximum Gasteiger partial charge on any atom is 0.0853 e. The van der Waals surface area contributed by atoms with Crippen molar-refractivity contribution < 1.29 is 5.11 Å². The Morgan fingerprint density at radius 2 is 1.79 bits per heavy atom. The lowest BCUT2D eigenvalue weighted by molar-refractivity contribution is 0.0910. The third-order valence-electron chi connectivity index (χ3n) is 3.03. The zero-order valence-electron chi connectivity index (χ0n) is 9.63. The monoisotopic (exact) mass is 196 g/mol. The third kappa shape index (κ3) is 1.98. The molecule has 0 aliphatic carbocycles. The SMILES string of the molecule is Cc1n[nH]c(C)c1C(O)C(C)C(C)C. The van der Waals surface area contributed by atoms with Gasteiger partial charge in [0.15, 0.2) is 0 Å². The highest BCUT2D eigenvalue weighted by Crippen LogP contribution is 2.30. The molecule has 2 N–H and O–H groups in total. The maximum atomic E-state index is 10.2. The van der Waals surface area contributed by atoms with Gasteiger partial charge in [-0.2, -0.15) is 5.10 Å². The second-order valence-corrected chi connectivity index (χ2v) is 4.40. The smallest absolute Gasteiger partial charge is 0.0853 e. The summed E-state index contributed by atoms with van der Waals surface area (Å²) in [6.45, 7) is 10.2. The summed E-state index contributed by atoms with van der Waals surface area (Å²) in [4.78, 5) is 0. The van der Waals surface area contributed by atoms with Crippen molar-refractivity contribution in [1.29, 1.82) is 0 Å². The van der Waals surface area contributed by atoms with E-state index in [2.05, 4.69) is 31.0 Å². The lowest BCUT2D eigenvalue weighted by atomic mass is 9.87. The Hall–Kier alpha value is -0.830. The molecule has 2 atom stereocenters. The molecule has 1 aromatic heterocycles. The second-order valence-electron chi connectivity index (χ2n) is 4.40. The summed E-state index contributed by atoms with van der Waals surface area (Å²) in [5, 5.41) is 17.1. The van der Waals surface area contributed by atoms with E-state index in [9.17, 15) is 5.11 Å². The maximum absolute atomic E-state index is 10.2. The van der Waals surface area contributed by atoms with Gasteiger partial charge in [0.2, 0.25) is 0 Å². The molecular formula is C11H20N2O. The molecule has 80 valence electrons. The zero-order valence-corrected chi connectivity index (χ0v) is 9.63. The number of rotatable bonds is 3. The van der Waals surface area contributed by atoms with Crippen LogP contribution < -0.4 is 0 Å². The standard InChI is InChI=1S/C11H20N2O/c1-6(2)7(3)11(14)10-8(4)12-13-9(10)5/h6-7,11,14H,1-5H3,(H,12,13). The molecule has 0 amide bonds. The van der Waals surface area contributed by atoms with Gasteiger partial charge in [0.1, 0.15) is 0 Å². The van der Waals surface area contributed by atoms with Crippen molar-refractivity contribution in [1.82, 2.24) is 10.2 Å². The summed E-state index contributed by atoms with van der Waals surface area (Å²) in [6, 6.07) is 0. The summed E-state index contributed by atoms with van der Waals surface area (Å²) in [5.74, 6) is 0.726. The Labute approximate surface area is 85.5 Å². The predicted molar refractivity (Wildman–Crippen MR) is 57.0 cm³/mol. The molecule has 1 rings (SSSR count). The number of hydrogen-bond acceptors (Lipinski definition) is 2. The van der Waals surface area contributed by atoms with Crippen molar-refractivity contribution >= 4 is 0 Å². The minimum Gasteiger partial charge on any atom is -0.388 e. The van der Waals surface area contributed by atoms with Gasteiger partial charge in [0.25, 0.3) is 0 Å². The number of aryl methyl sites for hydroxylation is 2. The van der Waals surface area contributed by atoms with Gasteiger partial charge in [-0.3, -0.25) is 5.10 Å². The summed E-state index contributed by atoms with van der Waals surface area (Å²) < 4.78 is 0. The van der Waals surface area contributed by atoms with Crippen LogP contribution in [0.15, 0.2) is 0 Å². The minimum atomic E-state index is -0.409. The summed E-state index contributed by atoms with van der Waals surface area (Å²) >= 11 is 0. The Morgan fingerprint density at radius 1 is 1.21 bits per heavy atom. The fourth-order valence-electron chi connectivity index (χ4n) is 1.62. The second kappa shape index (κ2) is 4.13. The Balaban J connectivity index is 2.94. The molecule has 3 nitrogen and oxygen atoms in total. The van der Waals surface area contributed by atoms with E-state index in [1.807, 2.05) is 13.8 Å². The normalized spacial score (nSPS) is 15.9. The highest BCUT2D eigenvalue weighted by molar-refractivity contribution is 5.26. The van der Waals surface area contributed by atoms with Gasteiger partial charge in [0, 0.05) is 11.3 Å². The average molecular weight is 196 g/mol. The van der Waals surface area contributed by atoms with Crippen molar-refractivity contribution in [3.63, 3.8) is 0 Å². The van der Waals surface area contributed by atoms with Crippen molar-refractivity contribution in [3.05, 3.63) is 17.0 Å². The zero-order chi connectivity index (χ0) is 10.9. The number of aliphatic hydroxyl groups is 1. The fraction of sp³-hybridized carbons (Fsp3) is 0.727. The van der Waals surface area contributed by atoms with E-state index in [4.69, 9.17) is 0 Å².